The Kier molecular flexibility index (Phi) is 6.06. The Bertz CT molecular complexity index is 372. The first-order valence-corrected chi connectivity index (χ1v) is 8.27. The van der Waals surface area contributed by atoms with Gasteiger partial charge in [0.05, 0.1) is 0 Å². The maximum atomic E-state index is 3.71. The first-order chi connectivity index (χ1) is 9.74. The van der Waals surface area contributed by atoms with E-state index in [0.29, 0.717) is 12.1 Å². The van der Waals surface area contributed by atoms with Gasteiger partial charge < -0.3 is 5.32 Å². The van der Waals surface area contributed by atoms with Gasteiger partial charge in [0.2, 0.25) is 0 Å². The summed E-state index contributed by atoms with van der Waals surface area (Å²) in [5, 5.41) is 3.71. The lowest BCUT2D eigenvalue weighted by atomic mass is 9.99. The van der Waals surface area contributed by atoms with Crippen LogP contribution in [0.5, 0.6) is 0 Å². The van der Waals surface area contributed by atoms with Crippen molar-refractivity contribution in [2.24, 2.45) is 0 Å². The molecule has 0 aromatic heterocycles. The maximum absolute atomic E-state index is 3.71. The van der Waals surface area contributed by atoms with Crippen molar-refractivity contribution in [2.45, 2.75) is 58.0 Å². The predicted octanol–water partition coefficient (Wildman–Crippen LogP) is 3.64. The minimum Gasteiger partial charge on any atom is -0.312 e. The molecular formula is C18H30N2. The molecule has 0 amide bonds. The third kappa shape index (κ3) is 4.07. The highest BCUT2D eigenvalue weighted by Gasteiger charge is 2.26. The zero-order chi connectivity index (χ0) is 14.4. The molecule has 0 saturated carbocycles. The van der Waals surface area contributed by atoms with Crippen LogP contribution in [0.2, 0.25) is 0 Å². The van der Waals surface area contributed by atoms with Crippen LogP contribution in [0.15, 0.2) is 30.3 Å². The average molecular weight is 274 g/mol. The van der Waals surface area contributed by atoms with E-state index < -0.39 is 0 Å². The summed E-state index contributed by atoms with van der Waals surface area (Å²) >= 11 is 0. The van der Waals surface area contributed by atoms with Gasteiger partial charge in [0.1, 0.15) is 0 Å². The smallest absolute Gasteiger partial charge is 0.0192 e. The summed E-state index contributed by atoms with van der Waals surface area (Å²) in [5.41, 5.74) is 1.51. The third-order valence-corrected chi connectivity index (χ3v) is 4.80. The van der Waals surface area contributed by atoms with Gasteiger partial charge in [-0.15, -0.1) is 0 Å². The maximum Gasteiger partial charge on any atom is 0.0192 e. The Hall–Kier alpha value is -0.860. The van der Waals surface area contributed by atoms with Crippen LogP contribution in [-0.2, 0) is 0 Å². The molecular weight excluding hydrogens is 244 g/mol. The van der Waals surface area contributed by atoms with Crippen molar-refractivity contribution in [3.05, 3.63) is 35.9 Å². The zero-order valence-corrected chi connectivity index (χ0v) is 13.3. The molecule has 0 spiro atoms. The number of hydrogen-bond acceptors (Lipinski definition) is 2. The molecule has 1 heterocycles. The van der Waals surface area contributed by atoms with E-state index in [9.17, 15) is 0 Å². The molecule has 2 atom stereocenters. The predicted molar refractivity (Wildman–Crippen MR) is 87.2 cm³/mol. The Morgan fingerprint density at radius 1 is 1.20 bits per heavy atom. The fourth-order valence-corrected chi connectivity index (χ4v) is 3.23. The summed E-state index contributed by atoms with van der Waals surface area (Å²) in [7, 11) is 0. The first kappa shape index (κ1) is 15.5. The molecule has 112 valence electrons. The monoisotopic (exact) mass is 274 g/mol. The summed E-state index contributed by atoms with van der Waals surface area (Å²) in [4.78, 5) is 2.65. The van der Waals surface area contributed by atoms with Crippen molar-refractivity contribution in [3.8, 4) is 0 Å². The van der Waals surface area contributed by atoms with E-state index >= 15 is 0 Å². The molecule has 1 aliphatic rings. The molecule has 1 N–H and O–H groups in total. The van der Waals surface area contributed by atoms with Crippen LogP contribution in [0.25, 0.3) is 0 Å². The average Bonchev–Trinajstić information content (AvgIpc) is 2.99. The first-order valence-electron chi connectivity index (χ1n) is 8.27. The molecule has 2 unspecified atom stereocenters. The zero-order valence-electron chi connectivity index (χ0n) is 13.3. The molecule has 20 heavy (non-hydrogen) atoms. The summed E-state index contributed by atoms with van der Waals surface area (Å²) in [6.07, 6.45) is 3.77. The molecule has 1 fully saturated rings. The van der Waals surface area contributed by atoms with Crippen LogP contribution < -0.4 is 5.32 Å². The summed E-state index contributed by atoms with van der Waals surface area (Å²) in [6, 6.07) is 12.3. The lowest BCUT2D eigenvalue weighted by Gasteiger charge is -2.27. The fourth-order valence-electron chi connectivity index (χ4n) is 3.23. The van der Waals surface area contributed by atoms with E-state index in [1.165, 1.54) is 37.9 Å². The summed E-state index contributed by atoms with van der Waals surface area (Å²) in [5.74, 6) is 0.729. The van der Waals surface area contributed by atoms with Gasteiger partial charge in [-0.05, 0) is 44.2 Å². The van der Waals surface area contributed by atoms with Crippen LogP contribution >= 0.6 is 0 Å². The van der Waals surface area contributed by atoms with Gasteiger partial charge in [0, 0.05) is 25.2 Å². The minimum absolute atomic E-state index is 0.643. The lowest BCUT2D eigenvalue weighted by molar-refractivity contribution is 0.241. The highest BCUT2D eigenvalue weighted by Crippen LogP contribution is 2.27. The largest absolute Gasteiger partial charge is 0.312 e. The lowest BCUT2D eigenvalue weighted by Crippen LogP contribution is -2.42. The second-order valence-electron chi connectivity index (χ2n) is 6.16. The molecule has 0 radical (unpaired) electrons. The molecule has 1 aliphatic heterocycles. The van der Waals surface area contributed by atoms with Crippen molar-refractivity contribution in [3.63, 3.8) is 0 Å². The number of rotatable bonds is 7. The van der Waals surface area contributed by atoms with Gasteiger partial charge in [0.15, 0.2) is 0 Å². The number of benzene rings is 1. The minimum atomic E-state index is 0.643. The quantitative estimate of drug-likeness (QED) is 0.816. The van der Waals surface area contributed by atoms with Crippen molar-refractivity contribution >= 4 is 0 Å². The van der Waals surface area contributed by atoms with Crippen LogP contribution in [0, 0.1) is 0 Å². The van der Waals surface area contributed by atoms with E-state index in [-0.39, 0.29) is 0 Å². The third-order valence-electron chi connectivity index (χ3n) is 4.80. The van der Waals surface area contributed by atoms with Gasteiger partial charge in [-0.2, -0.15) is 0 Å². The number of nitrogens with zero attached hydrogens (tertiary/aromatic N) is 1. The topological polar surface area (TPSA) is 15.3 Å². The molecule has 2 heteroatoms. The van der Waals surface area contributed by atoms with Crippen molar-refractivity contribution in [1.29, 1.82) is 0 Å². The fraction of sp³-hybridized carbons (Fsp3) is 0.667. The highest BCUT2D eigenvalue weighted by molar-refractivity contribution is 5.21. The van der Waals surface area contributed by atoms with Gasteiger partial charge in [0.25, 0.3) is 0 Å². The normalized spacial score (nSPS) is 21.5. The Labute approximate surface area is 124 Å². The van der Waals surface area contributed by atoms with Crippen LogP contribution in [0.4, 0.5) is 0 Å². The second kappa shape index (κ2) is 7.80. The standard InChI is InChI=1S/C18H30N2/c1-4-18(5-2)19-13-15(3)20-12-11-17(14-20)16-9-7-6-8-10-16/h6-10,15,17-19H,4-5,11-14H2,1-3H3. The van der Waals surface area contributed by atoms with Gasteiger partial charge >= 0.3 is 0 Å². The molecule has 0 bridgehead atoms. The van der Waals surface area contributed by atoms with E-state index in [0.717, 1.165) is 12.5 Å². The summed E-state index contributed by atoms with van der Waals surface area (Å²) in [6.45, 7) is 10.5. The van der Waals surface area contributed by atoms with E-state index in [2.05, 4.69) is 61.3 Å². The second-order valence-corrected chi connectivity index (χ2v) is 6.16. The molecule has 1 aromatic carbocycles. The van der Waals surface area contributed by atoms with Gasteiger partial charge in [-0.1, -0.05) is 44.2 Å². The number of hydrogen-bond donors (Lipinski definition) is 1. The Balaban J connectivity index is 1.80. The SMILES string of the molecule is CCC(CC)NCC(C)N1CCC(c2ccccc2)C1. The summed E-state index contributed by atoms with van der Waals surface area (Å²) < 4.78 is 0. The van der Waals surface area contributed by atoms with Crippen molar-refractivity contribution in [1.82, 2.24) is 10.2 Å². The molecule has 2 rings (SSSR count). The Morgan fingerprint density at radius 3 is 2.55 bits per heavy atom. The van der Waals surface area contributed by atoms with Gasteiger partial charge in [-0.25, -0.2) is 0 Å². The van der Waals surface area contributed by atoms with E-state index in [1.54, 1.807) is 0 Å². The van der Waals surface area contributed by atoms with Crippen LogP contribution in [0.3, 0.4) is 0 Å². The number of nitrogens with one attached hydrogen (secondary N) is 1. The number of likely N-dealkylation sites (tertiary alicyclic amines) is 1. The molecule has 1 aromatic rings. The van der Waals surface area contributed by atoms with Crippen LogP contribution in [-0.4, -0.2) is 36.6 Å². The molecule has 0 aliphatic carbocycles. The van der Waals surface area contributed by atoms with Crippen molar-refractivity contribution < 1.29 is 0 Å². The molecule has 2 nitrogen and oxygen atoms in total. The van der Waals surface area contributed by atoms with E-state index in [1.807, 2.05) is 0 Å². The van der Waals surface area contributed by atoms with Crippen molar-refractivity contribution in [2.75, 3.05) is 19.6 Å². The molecule has 1 saturated heterocycles. The van der Waals surface area contributed by atoms with E-state index in [4.69, 9.17) is 0 Å². The highest BCUT2D eigenvalue weighted by atomic mass is 15.2. The van der Waals surface area contributed by atoms with Gasteiger partial charge in [-0.3, -0.25) is 4.90 Å². The van der Waals surface area contributed by atoms with Crippen LogP contribution in [0.1, 0.15) is 51.5 Å². The Morgan fingerprint density at radius 2 is 1.90 bits per heavy atom.